The summed E-state index contributed by atoms with van der Waals surface area (Å²) in [7, 11) is -6.68. The van der Waals surface area contributed by atoms with Gasteiger partial charge in [-0.25, -0.2) is 16.8 Å². The topological polar surface area (TPSA) is 117 Å². The van der Waals surface area contributed by atoms with E-state index in [1.165, 1.54) is 53.9 Å². The maximum absolute atomic E-state index is 13.3. The zero-order valence-electron chi connectivity index (χ0n) is 17.4. The molecule has 0 aliphatic carbocycles. The molecule has 0 saturated carbocycles. The third-order valence-corrected chi connectivity index (χ3v) is 7.91. The minimum atomic E-state index is -4.06. The number of para-hydroxylation sites is 1. The van der Waals surface area contributed by atoms with Gasteiger partial charge in [-0.05, 0) is 61.5 Å². The average Bonchev–Trinajstić information content (AvgIpc) is 2.80. The van der Waals surface area contributed by atoms with Crippen molar-refractivity contribution < 1.29 is 21.6 Å². The SMILES string of the molecule is CCN(c1ccccc1)S(=O)(=O)c1ccc(OC)c(NS(=O)(=O)c2ccc(C#N)cc2)c1. The van der Waals surface area contributed by atoms with E-state index in [1.54, 1.807) is 37.3 Å². The van der Waals surface area contributed by atoms with Crippen LogP contribution < -0.4 is 13.8 Å². The number of rotatable bonds is 8. The average molecular weight is 472 g/mol. The van der Waals surface area contributed by atoms with Crippen LogP contribution in [0.25, 0.3) is 0 Å². The molecule has 8 nitrogen and oxygen atoms in total. The number of sulfonamides is 2. The van der Waals surface area contributed by atoms with E-state index in [4.69, 9.17) is 10.00 Å². The molecule has 0 aliphatic heterocycles. The minimum absolute atomic E-state index is 0.0259. The number of anilines is 2. The first kappa shape index (κ1) is 23.1. The monoisotopic (exact) mass is 471 g/mol. The lowest BCUT2D eigenvalue weighted by Gasteiger charge is -2.23. The summed E-state index contributed by atoms with van der Waals surface area (Å²) >= 11 is 0. The van der Waals surface area contributed by atoms with Crippen molar-refractivity contribution in [3.05, 3.63) is 78.4 Å². The molecule has 3 aromatic rings. The molecule has 166 valence electrons. The van der Waals surface area contributed by atoms with E-state index in [0.29, 0.717) is 11.3 Å². The molecule has 32 heavy (non-hydrogen) atoms. The molecular formula is C22H21N3O5S2. The Kier molecular flexibility index (Phi) is 6.72. The summed E-state index contributed by atoms with van der Waals surface area (Å²) in [6.45, 7) is 1.90. The van der Waals surface area contributed by atoms with Gasteiger partial charge in [0.1, 0.15) is 5.75 Å². The van der Waals surface area contributed by atoms with Gasteiger partial charge in [0.25, 0.3) is 20.0 Å². The second kappa shape index (κ2) is 9.30. The van der Waals surface area contributed by atoms with Gasteiger partial charge < -0.3 is 4.74 Å². The van der Waals surface area contributed by atoms with E-state index in [-0.39, 0.29) is 27.8 Å². The van der Waals surface area contributed by atoms with E-state index in [2.05, 4.69) is 4.72 Å². The molecule has 0 aliphatic rings. The number of hydrogen-bond acceptors (Lipinski definition) is 6. The van der Waals surface area contributed by atoms with Crippen LogP contribution in [0.4, 0.5) is 11.4 Å². The summed E-state index contributed by atoms with van der Waals surface area (Å²) in [6, 6.07) is 19.9. The molecule has 0 bridgehead atoms. The van der Waals surface area contributed by atoms with E-state index in [1.807, 2.05) is 6.07 Å². The first-order valence-electron chi connectivity index (χ1n) is 9.51. The van der Waals surface area contributed by atoms with Crippen molar-refractivity contribution in [2.75, 3.05) is 22.7 Å². The predicted octanol–water partition coefficient (Wildman–Crippen LogP) is 3.58. The van der Waals surface area contributed by atoms with Crippen molar-refractivity contribution >= 4 is 31.4 Å². The normalized spacial score (nSPS) is 11.4. The first-order chi connectivity index (χ1) is 15.2. The number of benzene rings is 3. The van der Waals surface area contributed by atoms with E-state index >= 15 is 0 Å². The Balaban J connectivity index is 2.02. The molecule has 0 atom stereocenters. The highest BCUT2D eigenvalue weighted by Gasteiger charge is 2.26. The molecule has 0 unspecified atom stereocenters. The van der Waals surface area contributed by atoms with Gasteiger partial charge in [0, 0.05) is 6.54 Å². The second-order valence-corrected chi connectivity index (χ2v) is 10.2. The largest absolute Gasteiger partial charge is 0.495 e. The van der Waals surface area contributed by atoms with Gasteiger partial charge in [0.15, 0.2) is 0 Å². The lowest BCUT2D eigenvalue weighted by Crippen LogP contribution is -2.30. The third kappa shape index (κ3) is 4.69. The molecule has 0 saturated heterocycles. The molecule has 0 radical (unpaired) electrons. The van der Waals surface area contributed by atoms with Crippen LogP contribution in [-0.4, -0.2) is 30.5 Å². The highest BCUT2D eigenvalue weighted by atomic mass is 32.2. The van der Waals surface area contributed by atoms with Gasteiger partial charge in [-0.3, -0.25) is 9.03 Å². The Morgan fingerprint density at radius 1 is 0.938 bits per heavy atom. The molecule has 0 aromatic heterocycles. The van der Waals surface area contributed by atoms with Crippen molar-refractivity contribution in [1.82, 2.24) is 0 Å². The summed E-state index contributed by atoms with van der Waals surface area (Å²) in [4.78, 5) is -0.173. The van der Waals surface area contributed by atoms with Gasteiger partial charge in [-0.1, -0.05) is 18.2 Å². The number of ether oxygens (including phenoxy) is 1. The number of nitrogens with zero attached hydrogens (tertiary/aromatic N) is 2. The number of nitrogens with one attached hydrogen (secondary N) is 1. The Morgan fingerprint density at radius 3 is 2.12 bits per heavy atom. The van der Waals surface area contributed by atoms with Crippen molar-refractivity contribution in [3.8, 4) is 11.8 Å². The standard InChI is InChI=1S/C22H21N3O5S2/c1-3-25(18-7-5-4-6-8-18)32(28,29)20-13-14-22(30-2)21(15-20)24-31(26,27)19-11-9-17(16-23)10-12-19/h4-15,24H,3H2,1-2H3. The fourth-order valence-electron chi connectivity index (χ4n) is 3.05. The van der Waals surface area contributed by atoms with Gasteiger partial charge in [0.2, 0.25) is 0 Å². The van der Waals surface area contributed by atoms with Crippen molar-refractivity contribution in [2.45, 2.75) is 16.7 Å². The van der Waals surface area contributed by atoms with Gasteiger partial charge in [-0.15, -0.1) is 0 Å². The number of hydrogen-bond donors (Lipinski definition) is 1. The fourth-order valence-corrected chi connectivity index (χ4v) is 5.61. The number of methoxy groups -OCH3 is 1. The Bertz CT molecular complexity index is 1350. The molecule has 0 amide bonds. The molecular weight excluding hydrogens is 450 g/mol. The molecule has 0 heterocycles. The molecule has 10 heteroatoms. The Hall–Kier alpha value is -3.55. The third-order valence-electron chi connectivity index (χ3n) is 4.63. The van der Waals surface area contributed by atoms with Crippen LogP contribution in [0.15, 0.2) is 82.6 Å². The van der Waals surface area contributed by atoms with Crippen molar-refractivity contribution in [2.24, 2.45) is 0 Å². The number of nitriles is 1. The molecule has 3 rings (SSSR count). The van der Waals surface area contributed by atoms with Crippen LogP contribution in [0.3, 0.4) is 0 Å². The first-order valence-corrected chi connectivity index (χ1v) is 12.4. The van der Waals surface area contributed by atoms with Gasteiger partial charge in [-0.2, -0.15) is 5.26 Å². The van der Waals surface area contributed by atoms with Crippen molar-refractivity contribution in [1.29, 1.82) is 5.26 Å². The Morgan fingerprint density at radius 2 is 1.56 bits per heavy atom. The molecule has 0 fully saturated rings. The molecule has 1 N–H and O–H groups in total. The van der Waals surface area contributed by atoms with Crippen molar-refractivity contribution in [3.63, 3.8) is 0 Å². The van der Waals surface area contributed by atoms with Crippen LogP contribution >= 0.6 is 0 Å². The van der Waals surface area contributed by atoms with E-state index < -0.39 is 20.0 Å². The van der Waals surface area contributed by atoms with Crippen LogP contribution in [0, 0.1) is 11.3 Å². The maximum atomic E-state index is 13.3. The molecule has 0 spiro atoms. The minimum Gasteiger partial charge on any atom is -0.495 e. The molecule has 3 aromatic carbocycles. The van der Waals surface area contributed by atoms with E-state index in [9.17, 15) is 16.8 Å². The van der Waals surface area contributed by atoms with Crippen LogP contribution in [0.5, 0.6) is 5.75 Å². The van der Waals surface area contributed by atoms with Crippen LogP contribution in [0.1, 0.15) is 12.5 Å². The highest BCUT2D eigenvalue weighted by molar-refractivity contribution is 7.93. The second-order valence-electron chi connectivity index (χ2n) is 6.61. The lowest BCUT2D eigenvalue weighted by molar-refractivity contribution is 0.416. The predicted molar refractivity (Wildman–Crippen MR) is 122 cm³/mol. The maximum Gasteiger partial charge on any atom is 0.264 e. The van der Waals surface area contributed by atoms with E-state index in [0.717, 1.165) is 0 Å². The van der Waals surface area contributed by atoms with Crippen LogP contribution in [0.2, 0.25) is 0 Å². The van der Waals surface area contributed by atoms with Crippen LogP contribution in [-0.2, 0) is 20.0 Å². The summed E-state index contributed by atoms with van der Waals surface area (Å²) in [5, 5.41) is 8.90. The van der Waals surface area contributed by atoms with Gasteiger partial charge >= 0.3 is 0 Å². The summed E-state index contributed by atoms with van der Waals surface area (Å²) in [6.07, 6.45) is 0. The zero-order valence-corrected chi connectivity index (χ0v) is 19.0. The van der Waals surface area contributed by atoms with Gasteiger partial charge in [0.05, 0.1) is 39.9 Å². The lowest BCUT2D eigenvalue weighted by atomic mass is 10.2. The highest BCUT2D eigenvalue weighted by Crippen LogP contribution is 2.32. The fraction of sp³-hybridized carbons (Fsp3) is 0.136. The zero-order chi connectivity index (χ0) is 23.4. The quantitative estimate of drug-likeness (QED) is 0.537. The summed E-state index contributed by atoms with van der Waals surface area (Å²) < 4.78 is 61.1. The summed E-state index contributed by atoms with van der Waals surface area (Å²) in [5.41, 5.74) is 0.780. The Labute approximate surface area is 187 Å². The smallest absolute Gasteiger partial charge is 0.264 e. The summed E-state index contributed by atoms with van der Waals surface area (Å²) in [5.74, 6) is 0.156.